The second-order valence-corrected chi connectivity index (χ2v) is 8.39. The Hall–Kier alpha value is -3.74. The van der Waals surface area contributed by atoms with Gasteiger partial charge in [0.05, 0.1) is 7.11 Å². The van der Waals surface area contributed by atoms with Crippen LogP contribution in [0.3, 0.4) is 0 Å². The predicted octanol–water partition coefficient (Wildman–Crippen LogP) is 5.07. The maximum absolute atomic E-state index is 13.8. The fourth-order valence-electron chi connectivity index (χ4n) is 4.35. The van der Waals surface area contributed by atoms with Gasteiger partial charge in [0.1, 0.15) is 23.3 Å². The van der Waals surface area contributed by atoms with Crippen molar-refractivity contribution in [1.82, 2.24) is 10.3 Å². The van der Waals surface area contributed by atoms with E-state index in [1.807, 2.05) is 0 Å². The molecule has 1 heterocycles. The highest BCUT2D eigenvalue weighted by atomic mass is 19.1. The summed E-state index contributed by atoms with van der Waals surface area (Å²) in [4.78, 5) is 33.2. The molecular formula is C27H28FN3O3. The molecule has 2 amide bonds. The molecule has 176 valence electrons. The molecule has 3 aromatic rings. The van der Waals surface area contributed by atoms with E-state index in [-0.39, 0.29) is 17.6 Å². The molecule has 7 heteroatoms. The lowest BCUT2D eigenvalue weighted by molar-refractivity contribution is -0.123. The second kappa shape index (κ2) is 10.9. The van der Waals surface area contributed by atoms with Crippen LogP contribution in [0.2, 0.25) is 0 Å². The Morgan fingerprint density at radius 2 is 1.79 bits per heavy atom. The third kappa shape index (κ3) is 5.42. The number of pyridine rings is 1. The van der Waals surface area contributed by atoms with Gasteiger partial charge in [-0.3, -0.25) is 19.5 Å². The Morgan fingerprint density at radius 1 is 1.03 bits per heavy atom. The Bertz CT molecular complexity index is 1120. The lowest BCUT2D eigenvalue weighted by Crippen LogP contribution is -2.47. The van der Waals surface area contributed by atoms with Crippen LogP contribution in [0, 0.1) is 5.82 Å². The topological polar surface area (TPSA) is 71.5 Å². The van der Waals surface area contributed by atoms with E-state index >= 15 is 0 Å². The lowest BCUT2D eigenvalue weighted by Gasteiger charge is -2.33. The van der Waals surface area contributed by atoms with Gasteiger partial charge in [0, 0.05) is 24.0 Å². The highest BCUT2D eigenvalue weighted by Crippen LogP contribution is 2.32. The van der Waals surface area contributed by atoms with E-state index in [1.165, 1.54) is 30.3 Å². The number of hydrogen-bond donors (Lipinski definition) is 1. The molecular weight excluding hydrogens is 433 g/mol. The van der Waals surface area contributed by atoms with Crippen LogP contribution in [0.4, 0.5) is 10.1 Å². The van der Waals surface area contributed by atoms with Gasteiger partial charge in [0.25, 0.3) is 5.91 Å². The molecule has 1 fully saturated rings. The van der Waals surface area contributed by atoms with E-state index in [4.69, 9.17) is 4.74 Å². The van der Waals surface area contributed by atoms with Gasteiger partial charge >= 0.3 is 0 Å². The fourth-order valence-corrected chi connectivity index (χ4v) is 4.35. The molecule has 0 saturated heterocycles. The lowest BCUT2D eigenvalue weighted by atomic mass is 9.94. The molecule has 0 spiro atoms. The predicted molar refractivity (Wildman–Crippen MR) is 128 cm³/mol. The quantitative estimate of drug-likeness (QED) is 0.534. The zero-order valence-corrected chi connectivity index (χ0v) is 19.1. The first-order valence-corrected chi connectivity index (χ1v) is 11.5. The zero-order chi connectivity index (χ0) is 23.9. The molecule has 1 aromatic heterocycles. The Morgan fingerprint density at radius 3 is 2.47 bits per heavy atom. The SMILES string of the molecule is COc1cccc(N(C(=O)c2ccccn2)[C@H](C(=O)NC2CCCCC2)c2ccc(F)cc2)c1. The van der Waals surface area contributed by atoms with Crippen molar-refractivity contribution in [1.29, 1.82) is 0 Å². The number of ether oxygens (including phenoxy) is 1. The summed E-state index contributed by atoms with van der Waals surface area (Å²) in [5.74, 6) is -0.631. The van der Waals surface area contributed by atoms with E-state index in [1.54, 1.807) is 54.6 Å². The van der Waals surface area contributed by atoms with E-state index in [0.29, 0.717) is 17.0 Å². The van der Waals surface area contributed by atoms with Gasteiger partial charge < -0.3 is 10.1 Å². The number of carbonyl (C=O) groups is 2. The van der Waals surface area contributed by atoms with Crippen LogP contribution in [0.15, 0.2) is 72.9 Å². The van der Waals surface area contributed by atoms with Crippen LogP contribution in [-0.2, 0) is 4.79 Å². The molecule has 2 aromatic carbocycles. The first-order chi connectivity index (χ1) is 16.6. The molecule has 1 aliphatic carbocycles. The molecule has 1 aliphatic rings. The number of halogens is 1. The molecule has 1 atom stereocenters. The van der Waals surface area contributed by atoms with Gasteiger partial charge in [0.2, 0.25) is 5.91 Å². The average Bonchev–Trinajstić information content (AvgIpc) is 2.88. The van der Waals surface area contributed by atoms with Crippen LogP contribution < -0.4 is 15.0 Å². The van der Waals surface area contributed by atoms with Crippen molar-refractivity contribution in [3.05, 3.63) is 90.0 Å². The van der Waals surface area contributed by atoms with Gasteiger partial charge in [-0.1, -0.05) is 43.5 Å². The van der Waals surface area contributed by atoms with Crippen LogP contribution in [0.1, 0.15) is 54.2 Å². The minimum absolute atomic E-state index is 0.0429. The summed E-state index contributed by atoms with van der Waals surface area (Å²) >= 11 is 0. The molecule has 0 unspecified atom stereocenters. The first kappa shape index (κ1) is 23.4. The van der Waals surface area contributed by atoms with Crippen LogP contribution in [0.25, 0.3) is 0 Å². The Labute approximate surface area is 198 Å². The Balaban J connectivity index is 1.81. The molecule has 0 bridgehead atoms. The summed E-state index contributed by atoms with van der Waals surface area (Å²) in [5.41, 5.74) is 1.17. The third-order valence-electron chi connectivity index (χ3n) is 6.08. The van der Waals surface area contributed by atoms with Crippen LogP contribution in [0.5, 0.6) is 5.75 Å². The average molecular weight is 462 g/mol. The van der Waals surface area contributed by atoms with Crippen molar-refractivity contribution >= 4 is 17.5 Å². The summed E-state index contributed by atoms with van der Waals surface area (Å²) in [5, 5.41) is 3.14. The van der Waals surface area contributed by atoms with Crippen LogP contribution >= 0.6 is 0 Å². The molecule has 1 saturated carbocycles. The molecule has 6 nitrogen and oxygen atoms in total. The number of rotatable bonds is 7. The summed E-state index contributed by atoms with van der Waals surface area (Å²) in [6, 6.07) is 16.7. The van der Waals surface area contributed by atoms with Crippen molar-refractivity contribution in [3.8, 4) is 5.75 Å². The number of carbonyl (C=O) groups excluding carboxylic acids is 2. The number of anilines is 1. The van der Waals surface area contributed by atoms with Gasteiger partial charge in [-0.15, -0.1) is 0 Å². The maximum atomic E-state index is 13.8. The van der Waals surface area contributed by atoms with Gasteiger partial charge in [-0.05, 0) is 54.8 Å². The minimum atomic E-state index is -1.02. The van der Waals surface area contributed by atoms with Gasteiger partial charge in [-0.25, -0.2) is 4.39 Å². The van der Waals surface area contributed by atoms with E-state index in [0.717, 1.165) is 32.1 Å². The largest absolute Gasteiger partial charge is 0.497 e. The standard InChI is InChI=1S/C27H28FN3O3/c1-34-23-11-7-10-22(18-23)31(27(33)24-12-5-6-17-29-24)25(19-13-15-20(28)16-14-19)26(32)30-21-8-3-2-4-9-21/h5-7,10-18,21,25H,2-4,8-9H2,1H3,(H,30,32)/t25-/m0/s1. The molecule has 34 heavy (non-hydrogen) atoms. The number of nitrogens with zero attached hydrogens (tertiary/aromatic N) is 2. The van der Waals surface area contributed by atoms with Crippen molar-refractivity contribution in [3.63, 3.8) is 0 Å². The maximum Gasteiger partial charge on any atom is 0.277 e. The van der Waals surface area contributed by atoms with Crippen LogP contribution in [-0.4, -0.2) is 29.9 Å². The minimum Gasteiger partial charge on any atom is -0.497 e. The fraction of sp³-hybridized carbons (Fsp3) is 0.296. The number of aromatic nitrogens is 1. The molecule has 0 aliphatic heterocycles. The zero-order valence-electron chi connectivity index (χ0n) is 19.1. The number of benzene rings is 2. The van der Waals surface area contributed by atoms with E-state index in [2.05, 4.69) is 10.3 Å². The highest BCUT2D eigenvalue weighted by molar-refractivity contribution is 6.09. The smallest absolute Gasteiger partial charge is 0.277 e. The normalized spacial score (nSPS) is 14.8. The van der Waals surface area contributed by atoms with Crippen molar-refractivity contribution in [2.75, 3.05) is 12.0 Å². The number of hydrogen-bond acceptors (Lipinski definition) is 4. The van der Waals surface area contributed by atoms with Crippen molar-refractivity contribution < 1.29 is 18.7 Å². The summed E-state index contributed by atoms with van der Waals surface area (Å²) in [7, 11) is 1.54. The first-order valence-electron chi connectivity index (χ1n) is 11.5. The van der Waals surface area contributed by atoms with Crippen molar-refractivity contribution in [2.24, 2.45) is 0 Å². The summed E-state index contributed by atoms with van der Waals surface area (Å²) < 4.78 is 19.1. The molecule has 1 N–H and O–H groups in total. The third-order valence-corrected chi connectivity index (χ3v) is 6.08. The van der Waals surface area contributed by atoms with Crippen molar-refractivity contribution in [2.45, 2.75) is 44.2 Å². The number of methoxy groups -OCH3 is 1. The van der Waals surface area contributed by atoms with Gasteiger partial charge in [0.15, 0.2) is 0 Å². The highest BCUT2D eigenvalue weighted by Gasteiger charge is 2.35. The van der Waals surface area contributed by atoms with E-state index < -0.39 is 17.8 Å². The van der Waals surface area contributed by atoms with E-state index in [9.17, 15) is 14.0 Å². The summed E-state index contributed by atoms with van der Waals surface area (Å²) in [6.07, 6.45) is 6.59. The Kier molecular flexibility index (Phi) is 7.52. The molecule has 0 radical (unpaired) electrons. The molecule has 4 rings (SSSR count). The second-order valence-electron chi connectivity index (χ2n) is 8.39. The number of nitrogens with one attached hydrogen (secondary N) is 1. The number of amides is 2. The monoisotopic (exact) mass is 461 g/mol. The summed E-state index contributed by atoms with van der Waals surface area (Å²) in [6.45, 7) is 0. The van der Waals surface area contributed by atoms with Gasteiger partial charge in [-0.2, -0.15) is 0 Å².